The molecule has 252 valence electrons. The third-order valence-corrected chi connectivity index (χ3v) is 7.89. The van der Waals surface area contributed by atoms with Gasteiger partial charge in [-0.2, -0.15) is 5.26 Å². The molecule has 3 aromatic carbocycles. The van der Waals surface area contributed by atoms with Crippen LogP contribution in [0.25, 0.3) is 11.1 Å². The van der Waals surface area contributed by atoms with Gasteiger partial charge < -0.3 is 30.6 Å². The van der Waals surface area contributed by atoms with E-state index in [1.165, 1.54) is 12.1 Å². The fourth-order valence-corrected chi connectivity index (χ4v) is 4.91. The number of amides is 2. The number of nitrogens with zero attached hydrogens (tertiary/aromatic N) is 1. The number of carbonyl (C=O) groups excluding carboxylic acids is 2. The summed E-state index contributed by atoms with van der Waals surface area (Å²) in [5.74, 6) is -0.0969. The zero-order valence-corrected chi connectivity index (χ0v) is 27.6. The molecule has 10 heteroatoms. The Morgan fingerprint density at radius 1 is 1.00 bits per heavy atom. The van der Waals surface area contributed by atoms with Crippen LogP contribution in [0.5, 0.6) is 5.75 Å². The van der Waals surface area contributed by atoms with Crippen LogP contribution in [-0.4, -0.2) is 50.8 Å². The van der Waals surface area contributed by atoms with Crippen molar-refractivity contribution in [3.05, 3.63) is 89.2 Å². The molecule has 2 amide bonds. The molecule has 0 heterocycles. The van der Waals surface area contributed by atoms with Crippen LogP contribution in [0.15, 0.2) is 66.7 Å². The number of rotatable bonds is 20. The van der Waals surface area contributed by atoms with E-state index in [4.69, 9.17) is 25.2 Å². The molecule has 0 radical (unpaired) electrons. The minimum atomic E-state index is -0.647. The van der Waals surface area contributed by atoms with Crippen molar-refractivity contribution < 1.29 is 28.2 Å². The Morgan fingerprint density at radius 2 is 1.72 bits per heavy atom. The van der Waals surface area contributed by atoms with Crippen LogP contribution in [0.3, 0.4) is 0 Å². The molecule has 3 rings (SSSR count). The maximum absolute atomic E-state index is 13.5. The van der Waals surface area contributed by atoms with Gasteiger partial charge in [-0.15, -0.1) is 0 Å². The van der Waals surface area contributed by atoms with Crippen LogP contribution >= 0.6 is 0 Å². The molecule has 0 spiro atoms. The molecular formula is C37H47FN4O5. The number of benzene rings is 3. The van der Waals surface area contributed by atoms with E-state index < -0.39 is 6.04 Å². The van der Waals surface area contributed by atoms with Gasteiger partial charge in [0, 0.05) is 44.7 Å². The average molecular weight is 647 g/mol. The Labute approximate surface area is 277 Å². The quantitative estimate of drug-likeness (QED) is 0.135. The summed E-state index contributed by atoms with van der Waals surface area (Å²) in [6.45, 7) is 5.94. The monoisotopic (exact) mass is 646 g/mol. The van der Waals surface area contributed by atoms with Gasteiger partial charge in [0.25, 0.3) is 0 Å². The molecule has 0 saturated carbocycles. The van der Waals surface area contributed by atoms with Gasteiger partial charge in [0.05, 0.1) is 31.5 Å². The van der Waals surface area contributed by atoms with Crippen LogP contribution in [-0.2, 0) is 32.2 Å². The fourth-order valence-electron chi connectivity index (χ4n) is 4.91. The maximum Gasteiger partial charge on any atom is 0.243 e. The highest BCUT2D eigenvalue weighted by atomic mass is 19.1. The van der Waals surface area contributed by atoms with E-state index in [-0.39, 0.29) is 36.0 Å². The van der Waals surface area contributed by atoms with Crippen molar-refractivity contribution in [3.8, 4) is 22.9 Å². The van der Waals surface area contributed by atoms with E-state index in [2.05, 4.69) is 16.7 Å². The van der Waals surface area contributed by atoms with Crippen molar-refractivity contribution >= 4 is 11.8 Å². The van der Waals surface area contributed by atoms with Gasteiger partial charge in [0.2, 0.25) is 11.8 Å². The Kier molecular flexibility index (Phi) is 15.9. The van der Waals surface area contributed by atoms with Crippen molar-refractivity contribution in [2.45, 2.75) is 71.2 Å². The lowest BCUT2D eigenvalue weighted by Crippen LogP contribution is -2.50. The summed E-state index contributed by atoms with van der Waals surface area (Å²) in [7, 11) is 1.65. The topological polar surface area (TPSA) is 136 Å². The summed E-state index contributed by atoms with van der Waals surface area (Å²) in [6, 6.07) is 20.3. The molecule has 3 atom stereocenters. The Hall–Kier alpha value is -4.30. The first kappa shape index (κ1) is 37.2. The molecule has 0 aromatic heterocycles. The standard InChI is InChI=1S/C37H47FN4O5/c1-4-26(2)36(37(44)41-23-28-11-9-27(22-39)10-12-28)42-35(43)8-5-7-32(40)25-46-24-29-13-18-33(30-14-16-31(38)17-15-30)34(21-29)47-20-6-19-45-3/h9-18,21,26,32,36H,4-8,19-20,23-25,40H2,1-3H3,(H,41,44)(H,42,43). The van der Waals surface area contributed by atoms with E-state index in [9.17, 15) is 14.0 Å². The fraction of sp³-hybridized carbons (Fsp3) is 0.432. The van der Waals surface area contributed by atoms with Crippen LogP contribution in [0.1, 0.15) is 62.6 Å². The van der Waals surface area contributed by atoms with E-state index >= 15 is 0 Å². The minimum Gasteiger partial charge on any atom is -0.493 e. The molecule has 0 bridgehead atoms. The Balaban J connectivity index is 1.44. The Bertz CT molecular complexity index is 1440. The molecule has 9 nitrogen and oxygen atoms in total. The van der Waals surface area contributed by atoms with Gasteiger partial charge in [-0.3, -0.25) is 9.59 Å². The number of nitrogens with two attached hydrogens (primary N) is 1. The summed E-state index contributed by atoms with van der Waals surface area (Å²) in [5, 5.41) is 14.8. The molecule has 0 aliphatic heterocycles. The molecule has 0 aliphatic rings. The van der Waals surface area contributed by atoms with Crippen LogP contribution < -0.4 is 21.1 Å². The number of nitrogens with one attached hydrogen (secondary N) is 2. The van der Waals surface area contributed by atoms with Crippen molar-refractivity contribution in [1.82, 2.24) is 10.6 Å². The summed E-state index contributed by atoms with van der Waals surface area (Å²) < 4.78 is 30.5. The molecule has 3 aromatic rings. The van der Waals surface area contributed by atoms with E-state index in [0.29, 0.717) is 57.1 Å². The van der Waals surface area contributed by atoms with Gasteiger partial charge in [-0.25, -0.2) is 4.39 Å². The largest absolute Gasteiger partial charge is 0.493 e. The van der Waals surface area contributed by atoms with Gasteiger partial charge >= 0.3 is 0 Å². The van der Waals surface area contributed by atoms with Gasteiger partial charge in [0.1, 0.15) is 17.6 Å². The average Bonchev–Trinajstić information content (AvgIpc) is 3.08. The van der Waals surface area contributed by atoms with Crippen LogP contribution in [0.2, 0.25) is 0 Å². The van der Waals surface area contributed by atoms with E-state index in [1.807, 2.05) is 32.0 Å². The number of hydrogen-bond acceptors (Lipinski definition) is 7. The zero-order valence-electron chi connectivity index (χ0n) is 27.6. The van der Waals surface area contributed by atoms with Crippen molar-refractivity contribution in [1.29, 1.82) is 5.26 Å². The number of carbonyl (C=O) groups is 2. The predicted molar refractivity (Wildman–Crippen MR) is 180 cm³/mol. The first-order valence-corrected chi connectivity index (χ1v) is 16.1. The third kappa shape index (κ3) is 12.8. The van der Waals surface area contributed by atoms with Crippen molar-refractivity contribution in [3.63, 3.8) is 0 Å². The number of methoxy groups -OCH3 is 1. The molecule has 47 heavy (non-hydrogen) atoms. The zero-order chi connectivity index (χ0) is 34.0. The summed E-state index contributed by atoms with van der Waals surface area (Å²) in [6.07, 6.45) is 2.86. The van der Waals surface area contributed by atoms with Gasteiger partial charge in [-0.05, 0) is 65.8 Å². The first-order chi connectivity index (χ1) is 22.7. The summed E-state index contributed by atoms with van der Waals surface area (Å²) >= 11 is 0. The lowest BCUT2D eigenvalue weighted by Gasteiger charge is -2.24. The minimum absolute atomic E-state index is 0.0448. The molecule has 0 fully saturated rings. The van der Waals surface area contributed by atoms with Crippen molar-refractivity contribution in [2.75, 3.05) is 26.9 Å². The predicted octanol–water partition coefficient (Wildman–Crippen LogP) is 5.64. The lowest BCUT2D eigenvalue weighted by molar-refractivity contribution is -0.130. The summed E-state index contributed by atoms with van der Waals surface area (Å²) in [4.78, 5) is 25.7. The lowest BCUT2D eigenvalue weighted by atomic mass is 9.97. The smallest absolute Gasteiger partial charge is 0.243 e. The van der Waals surface area contributed by atoms with Gasteiger partial charge in [-0.1, -0.05) is 56.7 Å². The highest BCUT2D eigenvalue weighted by molar-refractivity contribution is 5.87. The number of halogens is 1. The normalized spacial score (nSPS) is 12.9. The Morgan fingerprint density at radius 3 is 2.40 bits per heavy atom. The van der Waals surface area contributed by atoms with Crippen molar-refractivity contribution in [2.24, 2.45) is 11.7 Å². The molecule has 3 unspecified atom stereocenters. The molecule has 4 N–H and O–H groups in total. The second kappa shape index (κ2) is 20.0. The molecular weight excluding hydrogens is 599 g/mol. The summed E-state index contributed by atoms with van der Waals surface area (Å²) in [5.41, 5.74) is 10.3. The van der Waals surface area contributed by atoms with E-state index in [1.54, 1.807) is 43.5 Å². The first-order valence-electron chi connectivity index (χ1n) is 16.1. The number of ether oxygens (including phenoxy) is 3. The second-order valence-corrected chi connectivity index (χ2v) is 11.7. The number of hydrogen-bond donors (Lipinski definition) is 3. The van der Waals surface area contributed by atoms with Crippen LogP contribution in [0.4, 0.5) is 4.39 Å². The highest BCUT2D eigenvalue weighted by Gasteiger charge is 2.25. The van der Waals surface area contributed by atoms with Gasteiger partial charge in [0.15, 0.2) is 0 Å². The van der Waals surface area contributed by atoms with Crippen LogP contribution in [0, 0.1) is 23.1 Å². The maximum atomic E-state index is 13.5. The molecule has 0 aliphatic carbocycles. The van der Waals surface area contributed by atoms with E-state index in [0.717, 1.165) is 35.1 Å². The number of nitriles is 1. The SMILES string of the molecule is CCC(C)C(NC(=O)CCCC(N)COCc1ccc(-c2ccc(F)cc2)c(OCCCOC)c1)C(=O)NCc1ccc(C#N)cc1. The second-order valence-electron chi connectivity index (χ2n) is 11.7. The third-order valence-electron chi connectivity index (χ3n) is 7.89. The highest BCUT2D eigenvalue weighted by Crippen LogP contribution is 2.32. The molecule has 0 saturated heterocycles.